The van der Waals surface area contributed by atoms with Crippen molar-refractivity contribution in [2.24, 2.45) is 0 Å². The van der Waals surface area contributed by atoms with Gasteiger partial charge in [0.2, 0.25) is 5.91 Å². The van der Waals surface area contributed by atoms with Crippen molar-refractivity contribution in [3.05, 3.63) is 41.5 Å². The summed E-state index contributed by atoms with van der Waals surface area (Å²) in [4.78, 5) is 22.6. The van der Waals surface area contributed by atoms with Gasteiger partial charge in [0.25, 0.3) is 0 Å². The van der Waals surface area contributed by atoms with Crippen LogP contribution in [0.4, 0.5) is 5.69 Å². The molecule has 0 heterocycles. The van der Waals surface area contributed by atoms with Gasteiger partial charge in [-0.05, 0) is 43.4 Å². The molecule has 0 radical (unpaired) electrons. The molecular formula is C16H19NO3. The van der Waals surface area contributed by atoms with Gasteiger partial charge in [-0.1, -0.05) is 23.8 Å². The summed E-state index contributed by atoms with van der Waals surface area (Å²) >= 11 is 0. The van der Waals surface area contributed by atoms with Crippen LogP contribution in [0.25, 0.3) is 0 Å². The van der Waals surface area contributed by atoms with E-state index in [1.807, 2.05) is 0 Å². The maximum Gasteiger partial charge on any atom is 0.307 e. The molecular weight excluding hydrogens is 254 g/mol. The van der Waals surface area contributed by atoms with Gasteiger partial charge in [0.15, 0.2) is 0 Å². The van der Waals surface area contributed by atoms with E-state index in [-0.39, 0.29) is 12.3 Å². The minimum atomic E-state index is -0.874. The molecule has 0 saturated carbocycles. The van der Waals surface area contributed by atoms with Gasteiger partial charge in [0.1, 0.15) is 0 Å². The Morgan fingerprint density at radius 3 is 2.75 bits per heavy atom. The molecule has 0 atom stereocenters. The number of carbonyl (C=O) groups is 2. The molecule has 4 nitrogen and oxygen atoms in total. The monoisotopic (exact) mass is 273 g/mol. The average Bonchev–Trinajstić information content (AvgIpc) is 2.39. The molecule has 0 aromatic heterocycles. The molecule has 1 aliphatic rings. The predicted octanol–water partition coefficient (Wildman–Crippen LogP) is 3.14. The lowest BCUT2D eigenvalue weighted by molar-refractivity contribution is -0.136. The third kappa shape index (κ3) is 4.53. The molecule has 0 unspecified atom stereocenters. The Labute approximate surface area is 118 Å². The van der Waals surface area contributed by atoms with Gasteiger partial charge >= 0.3 is 5.97 Å². The lowest BCUT2D eigenvalue weighted by atomic mass is 9.97. The van der Waals surface area contributed by atoms with Crippen molar-refractivity contribution in [1.82, 2.24) is 0 Å². The average molecular weight is 273 g/mol. The molecule has 0 spiro atoms. The number of benzene rings is 1. The van der Waals surface area contributed by atoms with E-state index in [4.69, 9.17) is 5.11 Å². The standard InChI is InChI=1S/C16H19NO3/c18-15(10-12-5-2-1-3-6-12)17-14-8-4-7-13(9-14)11-16(19)20/h4-5,7-9H,1-3,6,10-11H2,(H,17,18)(H,19,20). The molecule has 0 aliphatic heterocycles. The van der Waals surface area contributed by atoms with Crippen LogP contribution in [-0.2, 0) is 16.0 Å². The quantitative estimate of drug-likeness (QED) is 0.810. The minimum absolute atomic E-state index is 0.0329. The van der Waals surface area contributed by atoms with Gasteiger partial charge in [-0.25, -0.2) is 0 Å². The Kier molecular flexibility index (Phi) is 4.93. The maximum atomic E-state index is 11.9. The zero-order chi connectivity index (χ0) is 14.4. The number of aliphatic carboxylic acids is 1. The topological polar surface area (TPSA) is 66.4 Å². The van der Waals surface area contributed by atoms with Gasteiger partial charge in [0.05, 0.1) is 6.42 Å². The zero-order valence-corrected chi connectivity index (χ0v) is 11.4. The minimum Gasteiger partial charge on any atom is -0.481 e. The van der Waals surface area contributed by atoms with Crippen LogP contribution < -0.4 is 5.32 Å². The van der Waals surface area contributed by atoms with Crippen LogP contribution in [0, 0.1) is 0 Å². The number of anilines is 1. The second kappa shape index (κ2) is 6.89. The first-order valence-corrected chi connectivity index (χ1v) is 6.92. The van der Waals surface area contributed by atoms with Gasteiger partial charge in [0, 0.05) is 12.1 Å². The largest absolute Gasteiger partial charge is 0.481 e. The van der Waals surface area contributed by atoms with E-state index in [2.05, 4.69) is 11.4 Å². The highest BCUT2D eigenvalue weighted by Crippen LogP contribution is 2.21. The zero-order valence-electron chi connectivity index (χ0n) is 11.4. The van der Waals surface area contributed by atoms with E-state index < -0.39 is 5.97 Å². The lowest BCUT2D eigenvalue weighted by Gasteiger charge is -2.12. The van der Waals surface area contributed by atoms with Crippen molar-refractivity contribution >= 4 is 17.6 Å². The number of nitrogens with one attached hydrogen (secondary N) is 1. The molecule has 0 fully saturated rings. The fourth-order valence-corrected chi connectivity index (χ4v) is 2.41. The first-order chi connectivity index (χ1) is 9.63. The van der Waals surface area contributed by atoms with Crippen LogP contribution in [0.1, 0.15) is 37.7 Å². The van der Waals surface area contributed by atoms with E-state index in [0.29, 0.717) is 17.7 Å². The molecule has 1 amide bonds. The molecule has 106 valence electrons. The summed E-state index contributed by atoms with van der Waals surface area (Å²) in [5.74, 6) is -0.911. The second-order valence-electron chi connectivity index (χ2n) is 5.10. The molecule has 0 bridgehead atoms. The van der Waals surface area contributed by atoms with Crippen molar-refractivity contribution in [1.29, 1.82) is 0 Å². The predicted molar refractivity (Wildman–Crippen MR) is 77.6 cm³/mol. The lowest BCUT2D eigenvalue weighted by Crippen LogP contribution is -2.13. The Hall–Kier alpha value is -2.10. The van der Waals surface area contributed by atoms with Crippen molar-refractivity contribution in [2.75, 3.05) is 5.32 Å². The SMILES string of the molecule is O=C(O)Cc1cccc(NC(=O)CC2=CCCCC2)c1. The van der Waals surface area contributed by atoms with Crippen LogP contribution in [-0.4, -0.2) is 17.0 Å². The molecule has 20 heavy (non-hydrogen) atoms. The summed E-state index contributed by atoms with van der Waals surface area (Å²) < 4.78 is 0. The summed E-state index contributed by atoms with van der Waals surface area (Å²) in [6.45, 7) is 0. The highest BCUT2D eigenvalue weighted by Gasteiger charge is 2.10. The van der Waals surface area contributed by atoms with Crippen molar-refractivity contribution in [3.8, 4) is 0 Å². The number of carboxylic acids is 1. The number of hydrogen-bond acceptors (Lipinski definition) is 2. The van der Waals surface area contributed by atoms with Crippen molar-refractivity contribution in [2.45, 2.75) is 38.5 Å². The van der Waals surface area contributed by atoms with Gasteiger partial charge in [-0.15, -0.1) is 0 Å². The number of hydrogen-bond donors (Lipinski definition) is 2. The number of carbonyl (C=O) groups excluding carboxylic acids is 1. The van der Waals surface area contributed by atoms with Crippen LogP contribution in [0.2, 0.25) is 0 Å². The first kappa shape index (κ1) is 14.3. The summed E-state index contributed by atoms with van der Waals surface area (Å²) in [6, 6.07) is 6.99. The van der Waals surface area contributed by atoms with Crippen molar-refractivity contribution < 1.29 is 14.7 Å². The number of amides is 1. The Balaban J connectivity index is 1.93. The van der Waals surface area contributed by atoms with Crippen LogP contribution in [0.3, 0.4) is 0 Å². The fraction of sp³-hybridized carbons (Fsp3) is 0.375. The fourth-order valence-electron chi connectivity index (χ4n) is 2.41. The van der Waals surface area contributed by atoms with Crippen LogP contribution in [0.5, 0.6) is 0 Å². The molecule has 1 aliphatic carbocycles. The Morgan fingerprint density at radius 2 is 2.05 bits per heavy atom. The summed E-state index contributed by atoms with van der Waals surface area (Å²) in [5, 5.41) is 11.6. The Morgan fingerprint density at radius 1 is 1.20 bits per heavy atom. The second-order valence-corrected chi connectivity index (χ2v) is 5.10. The third-order valence-corrected chi connectivity index (χ3v) is 3.34. The highest BCUT2D eigenvalue weighted by molar-refractivity contribution is 5.92. The van der Waals surface area contributed by atoms with E-state index in [1.54, 1.807) is 24.3 Å². The smallest absolute Gasteiger partial charge is 0.307 e. The number of rotatable bonds is 5. The van der Waals surface area contributed by atoms with E-state index in [0.717, 1.165) is 19.3 Å². The van der Waals surface area contributed by atoms with E-state index in [1.165, 1.54) is 12.0 Å². The summed E-state index contributed by atoms with van der Waals surface area (Å²) in [7, 11) is 0. The molecule has 1 aromatic carbocycles. The normalized spacial score (nSPS) is 14.5. The maximum absolute atomic E-state index is 11.9. The molecule has 0 saturated heterocycles. The highest BCUT2D eigenvalue weighted by atomic mass is 16.4. The van der Waals surface area contributed by atoms with Crippen LogP contribution >= 0.6 is 0 Å². The van der Waals surface area contributed by atoms with Gasteiger partial charge in [-0.3, -0.25) is 9.59 Å². The van der Waals surface area contributed by atoms with Gasteiger partial charge < -0.3 is 10.4 Å². The summed E-state index contributed by atoms with van der Waals surface area (Å²) in [6.07, 6.45) is 7.00. The molecule has 1 aromatic rings. The molecule has 2 N–H and O–H groups in total. The summed E-state index contributed by atoms with van der Waals surface area (Å²) in [5.41, 5.74) is 2.55. The van der Waals surface area contributed by atoms with E-state index >= 15 is 0 Å². The van der Waals surface area contributed by atoms with Gasteiger partial charge in [-0.2, -0.15) is 0 Å². The van der Waals surface area contributed by atoms with Crippen LogP contribution in [0.15, 0.2) is 35.9 Å². The van der Waals surface area contributed by atoms with Crippen molar-refractivity contribution in [3.63, 3.8) is 0 Å². The molecule has 2 rings (SSSR count). The van der Waals surface area contributed by atoms with E-state index in [9.17, 15) is 9.59 Å². The third-order valence-electron chi connectivity index (χ3n) is 3.34. The Bertz CT molecular complexity index is 534. The number of allylic oxidation sites excluding steroid dienone is 1. The first-order valence-electron chi connectivity index (χ1n) is 6.92. The number of carboxylic acid groups (broad SMARTS) is 1. The molecule has 4 heteroatoms.